The van der Waals surface area contributed by atoms with Crippen molar-refractivity contribution < 1.29 is 4.74 Å². The summed E-state index contributed by atoms with van der Waals surface area (Å²) in [7, 11) is 0. The van der Waals surface area contributed by atoms with Gasteiger partial charge in [0.05, 0.1) is 12.7 Å². The first-order valence-electron chi connectivity index (χ1n) is 3.30. The predicted octanol–water partition coefficient (Wildman–Crippen LogP) is 0.137. The molecule has 2 aliphatic heterocycles. The summed E-state index contributed by atoms with van der Waals surface area (Å²) in [6.07, 6.45) is 3.11. The monoisotopic (exact) mass is 113 g/mol. The summed E-state index contributed by atoms with van der Waals surface area (Å²) in [4.78, 5) is 0. The molecular formula is C6H11NO. The Morgan fingerprint density at radius 1 is 1.38 bits per heavy atom. The molecule has 0 aromatic heterocycles. The highest BCUT2D eigenvalue weighted by atomic mass is 16.5. The SMILES string of the molecule is C1COC2CC(C2)N1. The van der Waals surface area contributed by atoms with Gasteiger partial charge in [-0.05, 0) is 12.8 Å². The van der Waals surface area contributed by atoms with Crippen molar-refractivity contribution >= 4 is 0 Å². The van der Waals surface area contributed by atoms with Gasteiger partial charge in [0.25, 0.3) is 0 Å². The normalized spacial score (nSPS) is 45.0. The highest BCUT2D eigenvalue weighted by molar-refractivity contribution is 4.87. The molecule has 3 rings (SSSR count). The van der Waals surface area contributed by atoms with Crippen molar-refractivity contribution in [3.05, 3.63) is 0 Å². The van der Waals surface area contributed by atoms with Crippen LogP contribution in [0.15, 0.2) is 0 Å². The summed E-state index contributed by atoms with van der Waals surface area (Å²) in [5.41, 5.74) is 0. The van der Waals surface area contributed by atoms with Gasteiger partial charge in [-0.1, -0.05) is 0 Å². The molecule has 1 aliphatic carbocycles. The Labute approximate surface area is 49.2 Å². The molecule has 1 N–H and O–H groups in total. The molecule has 2 nitrogen and oxygen atoms in total. The smallest absolute Gasteiger partial charge is 0.0605 e. The van der Waals surface area contributed by atoms with E-state index in [1.54, 1.807) is 0 Å². The van der Waals surface area contributed by atoms with E-state index in [0.29, 0.717) is 6.10 Å². The number of hydrogen-bond donors (Lipinski definition) is 1. The van der Waals surface area contributed by atoms with Crippen LogP contribution in [0.25, 0.3) is 0 Å². The van der Waals surface area contributed by atoms with Crippen molar-refractivity contribution in [2.75, 3.05) is 13.2 Å². The van der Waals surface area contributed by atoms with E-state index in [2.05, 4.69) is 5.32 Å². The van der Waals surface area contributed by atoms with Crippen molar-refractivity contribution in [3.8, 4) is 0 Å². The van der Waals surface area contributed by atoms with Crippen LogP contribution in [0, 0.1) is 0 Å². The molecule has 0 aromatic carbocycles. The fourth-order valence-corrected chi connectivity index (χ4v) is 1.36. The van der Waals surface area contributed by atoms with E-state index in [4.69, 9.17) is 4.74 Å². The fourth-order valence-electron chi connectivity index (χ4n) is 1.36. The molecule has 0 aromatic rings. The van der Waals surface area contributed by atoms with Gasteiger partial charge in [0.2, 0.25) is 0 Å². The fraction of sp³-hybridized carbons (Fsp3) is 1.00. The number of hydrogen-bond acceptors (Lipinski definition) is 2. The van der Waals surface area contributed by atoms with E-state index in [9.17, 15) is 0 Å². The third kappa shape index (κ3) is 0.644. The Morgan fingerprint density at radius 2 is 2.25 bits per heavy atom. The molecule has 2 bridgehead atoms. The average Bonchev–Trinajstić information content (AvgIpc) is 1.89. The molecule has 0 unspecified atom stereocenters. The van der Waals surface area contributed by atoms with E-state index in [-0.39, 0.29) is 0 Å². The number of fused-ring (bicyclic) bond motifs is 3. The first-order valence-corrected chi connectivity index (χ1v) is 3.30. The molecule has 0 atom stereocenters. The van der Waals surface area contributed by atoms with Gasteiger partial charge in [0.15, 0.2) is 0 Å². The van der Waals surface area contributed by atoms with E-state index in [1.165, 1.54) is 12.8 Å². The maximum Gasteiger partial charge on any atom is 0.0605 e. The van der Waals surface area contributed by atoms with Crippen LogP contribution >= 0.6 is 0 Å². The molecule has 0 radical (unpaired) electrons. The molecule has 2 heteroatoms. The Hall–Kier alpha value is -0.0800. The Kier molecular flexibility index (Phi) is 1.02. The minimum atomic E-state index is 0.606. The average molecular weight is 113 g/mol. The van der Waals surface area contributed by atoms with Crippen LogP contribution in [0.3, 0.4) is 0 Å². The van der Waals surface area contributed by atoms with Gasteiger partial charge in [-0.15, -0.1) is 0 Å². The van der Waals surface area contributed by atoms with E-state index in [0.717, 1.165) is 19.2 Å². The molecule has 3 fully saturated rings. The number of nitrogens with one attached hydrogen (secondary N) is 1. The largest absolute Gasteiger partial charge is 0.377 e. The Balaban J connectivity index is 1.95. The summed E-state index contributed by atoms with van der Waals surface area (Å²) in [5, 5.41) is 3.39. The van der Waals surface area contributed by atoms with Gasteiger partial charge in [-0.2, -0.15) is 0 Å². The van der Waals surface area contributed by atoms with Crippen molar-refractivity contribution in [1.29, 1.82) is 0 Å². The third-order valence-corrected chi connectivity index (χ3v) is 1.98. The first-order chi connectivity index (χ1) is 3.95. The lowest BCUT2D eigenvalue weighted by molar-refractivity contribution is 0.0169. The van der Waals surface area contributed by atoms with Crippen LogP contribution in [-0.2, 0) is 4.74 Å². The standard InChI is InChI=1S/C6H11NO/c1-2-8-6-3-5(4-6)7-1/h5-7H,1-4H2. The molecule has 0 amide bonds. The second-order valence-electron chi connectivity index (χ2n) is 2.62. The maximum atomic E-state index is 5.41. The van der Waals surface area contributed by atoms with E-state index < -0.39 is 0 Å². The van der Waals surface area contributed by atoms with E-state index >= 15 is 0 Å². The predicted molar refractivity (Wildman–Crippen MR) is 30.8 cm³/mol. The molecule has 2 saturated heterocycles. The topological polar surface area (TPSA) is 21.3 Å². The molecular weight excluding hydrogens is 102 g/mol. The van der Waals surface area contributed by atoms with Gasteiger partial charge in [0, 0.05) is 12.6 Å². The van der Waals surface area contributed by atoms with Crippen LogP contribution in [0.1, 0.15) is 12.8 Å². The maximum absolute atomic E-state index is 5.41. The van der Waals surface area contributed by atoms with Crippen LogP contribution in [-0.4, -0.2) is 25.3 Å². The summed E-state index contributed by atoms with van der Waals surface area (Å²) < 4.78 is 5.41. The second-order valence-corrected chi connectivity index (χ2v) is 2.62. The zero-order valence-electron chi connectivity index (χ0n) is 4.89. The molecule has 3 aliphatic rings. The van der Waals surface area contributed by atoms with Gasteiger partial charge in [-0.3, -0.25) is 0 Å². The summed E-state index contributed by atoms with van der Waals surface area (Å²) in [6, 6.07) is 0.794. The van der Waals surface area contributed by atoms with Crippen molar-refractivity contribution in [2.24, 2.45) is 0 Å². The first kappa shape index (κ1) is 4.77. The summed E-state index contributed by atoms with van der Waals surface area (Å²) >= 11 is 0. The number of ether oxygens (including phenoxy) is 1. The summed E-state index contributed by atoms with van der Waals surface area (Å²) in [6.45, 7) is 1.97. The molecule has 0 spiro atoms. The number of rotatable bonds is 0. The lowest BCUT2D eigenvalue weighted by Crippen LogP contribution is -2.41. The van der Waals surface area contributed by atoms with Crippen LogP contribution in [0.4, 0.5) is 0 Å². The molecule has 1 saturated carbocycles. The minimum absolute atomic E-state index is 0.606. The lowest BCUT2D eigenvalue weighted by atomic mass is 9.90. The van der Waals surface area contributed by atoms with Crippen LogP contribution in [0.2, 0.25) is 0 Å². The third-order valence-electron chi connectivity index (χ3n) is 1.98. The summed E-state index contributed by atoms with van der Waals surface area (Å²) in [5.74, 6) is 0. The zero-order valence-corrected chi connectivity index (χ0v) is 4.89. The highest BCUT2D eigenvalue weighted by Crippen LogP contribution is 2.24. The van der Waals surface area contributed by atoms with Crippen molar-refractivity contribution in [2.45, 2.75) is 25.0 Å². The quantitative estimate of drug-likeness (QED) is 0.482. The van der Waals surface area contributed by atoms with Crippen molar-refractivity contribution in [1.82, 2.24) is 5.32 Å². The van der Waals surface area contributed by atoms with Gasteiger partial charge >= 0.3 is 0 Å². The van der Waals surface area contributed by atoms with E-state index in [1.807, 2.05) is 0 Å². The Bertz CT molecular complexity index is 73.0. The van der Waals surface area contributed by atoms with Crippen molar-refractivity contribution in [3.63, 3.8) is 0 Å². The second kappa shape index (κ2) is 1.71. The molecule has 46 valence electrons. The van der Waals surface area contributed by atoms with Crippen LogP contribution < -0.4 is 5.32 Å². The molecule has 8 heavy (non-hydrogen) atoms. The lowest BCUT2D eigenvalue weighted by Gasteiger charge is -2.31. The highest BCUT2D eigenvalue weighted by Gasteiger charge is 2.31. The van der Waals surface area contributed by atoms with Gasteiger partial charge in [-0.25, -0.2) is 0 Å². The molecule has 2 heterocycles. The Morgan fingerprint density at radius 3 is 3.12 bits per heavy atom. The zero-order chi connectivity index (χ0) is 5.40. The van der Waals surface area contributed by atoms with Gasteiger partial charge < -0.3 is 10.1 Å². The van der Waals surface area contributed by atoms with Crippen LogP contribution in [0.5, 0.6) is 0 Å². The minimum Gasteiger partial charge on any atom is -0.377 e. The van der Waals surface area contributed by atoms with Gasteiger partial charge in [0.1, 0.15) is 0 Å².